The highest BCUT2D eigenvalue weighted by Crippen LogP contribution is 2.36. The molecule has 4 rings (SSSR count). The van der Waals surface area contributed by atoms with Gasteiger partial charge in [-0.25, -0.2) is 13.2 Å². The van der Waals surface area contributed by atoms with Gasteiger partial charge in [0.2, 0.25) is 0 Å². The Hall–Kier alpha value is -3.39. The molecule has 1 aliphatic heterocycles. The molecule has 1 aromatic heterocycles. The number of carbonyl (C=O) groups is 1. The van der Waals surface area contributed by atoms with E-state index in [-0.39, 0.29) is 24.4 Å². The zero-order valence-electron chi connectivity index (χ0n) is 17.4. The number of hydrogen-bond donors (Lipinski definition) is 2. The third-order valence-corrected chi connectivity index (χ3v) is 5.37. The summed E-state index contributed by atoms with van der Waals surface area (Å²) in [5.74, 6) is -4.19. The van der Waals surface area contributed by atoms with E-state index in [0.29, 0.717) is 24.2 Å². The summed E-state index contributed by atoms with van der Waals surface area (Å²) >= 11 is 0. The zero-order chi connectivity index (χ0) is 22.8. The molecule has 2 heterocycles. The number of amides is 1. The van der Waals surface area contributed by atoms with Crippen molar-refractivity contribution < 1.29 is 23.1 Å². The molecule has 0 saturated heterocycles. The van der Waals surface area contributed by atoms with Crippen molar-refractivity contribution in [2.24, 2.45) is 0 Å². The lowest BCUT2D eigenvalue weighted by Crippen LogP contribution is -2.31. The van der Waals surface area contributed by atoms with Gasteiger partial charge < -0.3 is 15.3 Å². The number of anilines is 2. The van der Waals surface area contributed by atoms with E-state index >= 15 is 0 Å². The predicted molar refractivity (Wildman–Crippen MR) is 115 cm³/mol. The summed E-state index contributed by atoms with van der Waals surface area (Å²) in [6.07, 6.45) is 1.79. The van der Waals surface area contributed by atoms with Crippen LogP contribution in [-0.4, -0.2) is 35.2 Å². The van der Waals surface area contributed by atoms with Gasteiger partial charge in [-0.15, -0.1) is 0 Å². The molecule has 0 spiro atoms. The second-order valence-electron chi connectivity index (χ2n) is 7.82. The van der Waals surface area contributed by atoms with Crippen LogP contribution in [0, 0.1) is 17.5 Å². The number of pyridine rings is 1. The topological polar surface area (TPSA) is 65.5 Å². The van der Waals surface area contributed by atoms with Gasteiger partial charge in [-0.1, -0.05) is 6.07 Å². The van der Waals surface area contributed by atoms with Crippen molar-refractivity contribution in [1.82, 2.24) is 10.3 Å². The van der Waals surface area contributed by atoms with Crippen molar-refractivity contribution in [1.29, 1.82) is 0 Å². The molecule has 0 saturated carbocycles. The minimum Gasteiger partial charge on any atom is -0.392 e. The van der Waals surface area contributed by atoms with Crippen molar-refractivity contribution >= 4 is 17.3 Å². The van der Waals surface area contributed by atoms with E-state index < -0.39 is 23.6 Å². The van der Waals surface area contributed by atoms with Crippen LogP contribution in [0.25, 0.3) is 0 Å². The number of nitrogens with one attached hydrogen (secondary N) is 1. The fourth-order valence-corrected chi connectivity index (χ4v) is 3.90. The molecule has 0 aliphatic carbocycles. The molecule has 1 amide bonds. The molecule has 166 valence electrons. The second kappa shape index (κ2) is 9.00. The Morgan fingerprint density at radius 1 is 1.19 bits per heavy atom. The first-order chi connectivity index (χ1) is 15.3. The molecular weight excluding hydrogens is 419 g/mol. The number of halogens is 3. The summed E-state index contributed by atoms with van der Waals surface area (Å²) in [6, 6.07) is 11.1. The zero-order valence-corrected chi connectivity index (χ0v) is 17.4. The van der Waals surface area contributed by atoms with E-state index in [0.717, 1.165) is 29.1 Å². The van der Waals surface area contributed by atoms with E-state index in [1.807, 2.05) is 18.2 Å². The van der Waals surface area contributed by atoms with Crippen LogP contribution >= 0.6 is 0 Å². The Morgan fingerprint density at radius 2 is 1.94 bits per heavy atom. The first-order valence-electron chi connectivity index (χ1n) is 10.3. The smallest absolute Gasteiger partial charge is 0.251 e. The van der Waals surface area contributed by atoms with Crippen LogP contribution in [0.2, 0.25) is 0 Å². The summed E-state index contributed by atoms with van der Waals surface area (Å²) < 4.78 is 40.3. The quantitative estimate of drug-likeness (QED) is 0.570. The normalized spacial score (nSPS) is 13.7. The van der Waals surface area contributed by atoms with Crippen molar-refractivity contribution in [2.45, 2.75) is 25.9 Å². The maximum Gasteiger partial charge on any atom is 0.251 e. The minimum absolute atomic E-state index is 0.143. The van der Waals surface area contributed by atoms with Gasteiger partial charge in [-0.2, -0.15) is 0 Å². The fourth-order valence-electron chi connectivity index (χ4n) is 3.90. The van der Waals surface area contributed by atoms with Crippen LogP contribution < -0.4 is 10.2 Å². The molecule has 8 heteroatoms. The maximum atomic E-state index is 13.5. The summed E-state index contributed by atoms with van der Waals surface area (Å²) in [6.45, 7) is 2.43. The van der Waals surface area contributed by atoms with Crippen molar-refractivity contribution in [3.63, 3.8) is 0 Å². The van der Waals surface area contributed by atoms with Gasteiger partial charge in [0.1, 0.15) is 0 Å². The molecule has 2 aromatic carbocycles. The molecule has 5 nitrogen and oxygen atoms in total. The van der Waals surface area contributed by atoms with Gasteiger partial charge in [0, 0.05) is 48.3 Å². The van der Waals surface area contributed by atoms with Crippen LogP contribution in [-0.2, 0) is 12.8 Å². The Balaban J connectivity index is 1.58. The lowest BCUT2D eigenvalue weighted by atomic mass is 10.0. The summed E-state index contributed by atoms with van der Waals surface area (Å²) in [4.78, 5) is 18.9. The number of aliphatic hydroxyl groups excluding tert-OH is 1. The number of carbonyl (C=O) groups excluding carboxylic acids is 1. The van der Waals surface area contributed by atoms with E-state index in [4.69, 9.17) is 0 Å². The highest BCUT2D eigenvalue weighted by molar-refractivity contribution is 5.98. The number of rotatable bonds is 6. The van der Waals surface area contributed by atoms with Crippen LogP contribution in [0.3, 0.4) is 0 Å². The van der Waals surface area contributed by atoms with Crippen LogP contribution in [0.1, 0.15) is 34.1 Å². The number of hydrogen-bond acceptors (Lipinski definition) is 4. The molecule has 0 unspecified atom stereocenters. The van der Waals surface area contributed by atoms with Crippen LogP contribution in [0.5, 0.6) is 0 Å². The number of aliphatic hydroxyl groups is 1. The summed E-state index contributed by atoms with van der Waals surface area (Å²) in [5.41, 5.74) is 4.06. The Labute approximate surface area is 183 Å². The van der Waals surface area contributed by atoms with Gasteiger partial charge in [0.15, 0.2) is 17.5 Å². The lowest BCUT2D eigenvalue weighted by Gasteiger charge is -2.20. The predicted octanol–water partition coefficient (Wildman–Crippen LogP) is 3.89. The van der Waals surface area contributed by atoms with Gasteiger partial charge >= 0.3 is 0 Å². The van der Waals surface area contributed by atoms with Crippen molar-refractivity contribution in [3.8, 4) is 0 Å². The first kappa shape index (κ1) is 21.8. The Kier molecular flexibility index (Phi) is 6.14. The summed E-state index contributed by atoms with van der Waals surface area (Å²) in [5, 5.41) is 12.1. The van der Waals surface area contributed by atoms with Crippen LogP contribution in [0.15, 0.2) is 48.7 Å². The number of nitrogens with zero attached hydrogens (tertiary/aromatic N) is 2. The number of aromatic nitrogens is 1. The van der Waals surface area contributed by atoms with Crippen LogP contribution in [0.4, 0.5) is 24.5 Å². The second-order valence-corrected chi connectivity index (χ2v) is 7.82. The third-order valence-electron chi connectivity index (χ3n) is 5.37. The Bertz CT molecular complexity index is 1140. The average molecular weight is 441 g/mol. The van der Waals surface area contributed by atoms with Gasteiger partial charge in [-0.05, 0) is 60.9 Å². The molecule has 0 radical (unpaired) electrons. The molecule has 1 atom stereocenters. The summed E-state index contributed by atoms with van der Waals surface area (Å²) in [7, 11) is 0. The third kappa shape index (κ3) is 4.45. The standard InChI is InChI=1S/C24H22F3N3O2/c1-14(31)13-29-24(32)19-3-2-4-22-18(19)6-8-30(22)17-5-7-28-16(12-17)9-15-10-20(25)23(27)21(26)11-15/h2-5,7,10-12,14,31H,6,8-9,13H2,1H3,(H,29,32)/t14-/m1/s1. The molecular formula is C24H22F3N3O2. The van der Waals surface area contributed by atoms with E-state index in [2.05, 4.69) is 15.2 Å². The monoisotopic (exact) mass is 441 g/mol. The largest absolute Gasteiger partial charge is 0.392 e. The van der Waals surface area contributed by atoms with Gasteiger partial charge in [0.05, 0.1) is 6.10 Å². The Morgan fingerprint density at radius 3 is 2.66 bits per heavy atom. The fraction of sp³-hybridized carbons (Fsp3) is 0.250. The highest BCUT2D eigenvalue weighted by Gasteiger charge is 2.25. The SMILES string of the molecule is C[C@@H](O)CNC(=O)c1cccc2c1CCN2c1ccnc(Cc2cc(F)c(F)c(F)c2)c1. The van der Waals surface area contributed by atoms with Crippen molar-refractivity contribution in [2.75, 3.05) is 18.0 Å². The molecule has 1 aliphatic rings. The molecule has 3 aromatic rings. The van der Waals surface area contributed by atoms with E-state index in [1.54, 1.807) is 25.3 Å². The molecule has 0 fully saturated rings. The van der Waals surface area contributed by atoms with E-state index in [9.17, 15) is 23.1 Å². The number of benzene rings is 2. The average Bonchev–Trinajstić information content (AvgIpc) is 3.20. The molecule has 2 N–H and O–H groups in total. The van der Waals surface area contributed by atoms with Gasteiger partial charge in [0.25, 0.3) is 5.91 Å². The molecule has 0 bridgehead atoms. The molecule has 32 heavy (non-hydrogen) atoms. The lowest BCUT2D eigenvalue weighted by molar-refractivity contribution is 0.0923. The van der Waals surface area contributed by atoms with Crippen molar-refractivity contribution in [3.05, 3.63) is 88.5 Å². The minimum atomic E-state index is -1.49. The maximum absolute atomic E-state index is 13.5. The van der Waals surface area contributed by atoms with Gasteiger partial charge in [-0.3, -0.25) is 9.78 Å². The van der Waals surface area contributed by atoms with E-state index in [1.165, 1.54) is 0 Å². The first-order valence-corrected chi connectivity index (χ1v) is 10.3. The highest BCUT2D eigenvalue weighted by atomic mass is 19.2. The number of fused-ring (bicyclic) bond motifs is 1.